The number of ether oxygens (including phenoxy) is 1. The third kappa shape index (κ3) is 5.76. The monoisotopic (exact) mass is 266 g/mol. The third-order valence-electron chi connectivity index (χ3n) is 2.42. The van der Waals surface area contributed by atoms with Gasteiger partial charge in [-0.3, -0.25) is 4.79 Å². The summed E-state index contributed by atoms with van der Waals surface area (Å²) in [7, 11) is 0. The van der Waals surface area contributed by atoms with Crippen LogP contribution in [0.4, 0.5) is 4.79 Å². The number of benzene rings is 1. The Kier molecular flexibility index (Phi) is 5.66. The normalized spacial score (nSPS) is 9.79. The van der Waals surface area contributed by atoms with Gasteiger partial charge in [0.25, 0.3) is 0 Å². The number of carboxylic acids is 1. The van der Waals surface area contributed by atoms with Gasteiger partial charge in [0.2, 0.25) is 0 Å². The lowest BCUT2D eigenvalue weighted by molar-refractivity contribution is -0.136. The van der Waals surface area contributed by atoms with Gasteiger partial charge >= 0.3 is 12.0 Å². The van der Waals surface area contributed by atoms with Gasteiger partial charge in [-0.15, -0.1) is 0 Å². The molecule has 3 N–H and O–H groups in total. The molecular weight excluding hydrogens is 248 g/mol. The summed E-state index contributed by atoms with van der Waals surface area (Å²) in [4.78, 5) is 21.5. The predicted molar refractivity (Wildman–Crippen MR) is 70.2 cm³/mol. The minimum absolute atomic E-state index is 0.0306. The second-order valence-electron chi connectivity index (χ2n) is 4.13. The van der Waals surface area contributed by atoms with Crippen molar-refractivity contribution in [2.45, 2.75) is 20.3 Å². The molecule has 0 spiro atoms. The minimum Gasteiger partial charge on any atom is -0.481 e. The van der Waals surface area contributed by atoms with E-state index < -0.39 is 12.0 Å². The first-order valence-electron chi connectivity index (χ1n) is 5.92. The zero-order valence-corrected chi connectivity index (χ0v) is 11.0. The van der Waals surface area contributed by atoms with Gasteiger partial charge in [-0.1, -0.05) is 17.7 Å². The van der Waals surface area contributed by atoms with Crippen LogP contribution in [-0.4, -0.2) is 30.4 Å². The van der Waals surface area contributed by atoms with Gasteiger partial charge < -0.3 is 20.5 Å². The van der Waals surface area contributed by atoms with Crippen LogP contribution in [0.15, 0.2) is 18.2 Å². The Labute approximate surface area is 111 Å². The van der Waals surface area contributed by atoms with Crippen LogP contribution in [0.25, 0.3) is 0 Å². The first kappa shape index (κ1) is 14.8. The van der Waals surface area contributed by atoms with E-state index in [-0.39, 0.29) is 19.7 Å². The molecule has 0 atom stereocenters. The number of urea groups is 1. The molecule has 0 unspecified atom stereocenters. The van der Waals surface area contributed by atoms with Crippen LogP contribution in [0.5, 0.6) is 5.75 Å². The first-order valence-corrected chi connectivity index (χ1v) is 5.92. The van der Waals surface area contributed by atoms with E-state index in [4.69, 9.17) is 9.84 Å². The lowest BCUT2D eigenvalue weighted by Gasteiger charge is -2.11. The number of nitrogens with one attached hydrogen (secondary N) is 2. The fraction of sp³-hybridized carbons (Fsp3) is 0.385. The molecule has 19 heavy (non-hydrogen) atoms. The van der Waals surface area contributed by atoms with Crippen molar-refractivity contribution in [1.29, 1.82) is 0 Å². The Balaban J connectivity index is 2.26. The molecule has 1 aromatic carbocycles. The Hall–Kier alpha value is -2.24. The van der Waals surface area contributed by atoms with E-state index in [2.05, 4.69) is 10.6 Å². The van der Waals surface area contributed by atoms with Crippen molar-refractivity contribution in [1.82, 2.24) is 10.6 Å². The summed E-state index contributed by atoms with van der Waals surface area (Å²) in [5.74, 6) is -0.247. The molecule has 0 bridgehead atoms. The molecule has 6 nitrogen and oxygen atoms in total. The molecule has 0 radical (unpaired) electrons. The fourth-order valence-corrected chi connectivity index (χ4v) is 1.49. The summed E-state index contributed by atoms with van der Waals surface area (Å²) in [6, 6.07) is 5.30. The second kappa shape index (κ2) is 7.25. The topological polar surface area (TPSA) is 87.7 Å². The Morgan fingerprint density at radius 3 is 2.63 bits per heavy atom. The van der Waals surface area contributed by atoms with Crippen LogP contribution in [0.2, 0.25) is 0 Å². The first-order chi connectivity index (χ1) is 8.99. The van der Waals surface area contributed by atoms with Crippen molar-refractivity contribution in [2.24, 2.45) is 0 Å². The maximum absolute atomic E-state index is 11.3. The van der Waals surface area contributed by atoms with Gasteiger partial charge in [0.15, 0.2) is 6.73 Å². The maximum atomic E-state index is 11.3. The molecule has 6 heteroatoms. The van der Waals surface area contributed by atoms with Gasteiger partial charge in [-0.2, -0.15) is 0 Å². The average molecular weight is 266 g/mol. The lowest BCUT2D eigenvalue weighted by Crippen LogP contribution is -2.38. The van der Waals surface area contributed by atoms with Gasteiger partial charge in [0, 0.05) is 6.54 Å². The summed E-state index contributed by atoms with van der Waals surface area (Å²) < 4.78 is 5.40. The number of aryl methyl sites for hydroxylation is 2. The van der Waals surface area contributed by atoms with E-state index in [1.165, 1.54) is 0 Å². The predicted octanol–water partition coefficient (Wildman–Crippen LogP) is 1.41. The van der Waals surface area contributed by atoms with Crippen molar-refractivity contribution >= 4 is 12.0 Å². The van der Waals surface area contributed by atoms with E-state index in [1.807, 2.05) is 32.0 Å². The molecule has 0 aromatic heterocycles. The zero-order valence-electron chi connectivity index (χ0n) is 11.0. The maximum Gasteiger partial charge on any atom is 0.317 e. The molecule has 0 aliphatic carbocycles. The number of carbonyl (C=O) groups excluding carboxylic acids is 1. The molecule has 0 saturated carbocycles. The molecular formula is C13H18N2O4. The third-order valence-corrected chi connectivity index (χ3v) is 2.42. The molecule has 0 aliphatic heterocycles. The van der Waals surface area contributed by atoms with Crippen LogP contribution in [0.1, 0.15) is 17.5 Å². The Morgan fingerprint density at radius 2 is 2.00 bits per heavy atom. The fourth-order valence-electron chi connectivity index (χ4n) is 1.49. The summed E-state index contributed by atoms with van der Waals surface area (Å²) in [5, 5.41) is 13.3. The number of hydrogen-bond acceptors (Lipinski definition) is 3. The second-order valence-corrected chi connectivity index (χ2v) is 4.13. The smallest absolute Gasteiger partial charge is 0.317 e. The lowest BCUT2D eigenvalue weighted by atomic mass is 10.1. The van der Waals surface area contributed by atoms with E-state index in [0.29, 0.717) is 5.75 Å². The van der Waals surface area contributed by atoms with Gasteiger partial charge in [-0.05, 0) is 25.5 Å². The number of aliphatic carboxylic acids is 1. The van der Waals surface area contributed by atoms with E-state index in [9.17, 15) is 9.59 Å². The molecule has 1 aromatic rings. The minimum atomic E-state index is -0.952. The summed E-state index contributed by atoms with van der Waals surface area (Å²) in [6.45, 7) is 4.04. The molecule has 1 rings (SSSR count). The van der Waals surface area contributed by atoms with Crippen LogP contribution in [-0.2, 0) is 4.79 Å². The summed E-state index contributed by atoms with van der Waals surface area (Å²) in [6.07, 6.45) is -0.106. The van der Waals surface area contributed by atoms with E-state index >= 15 is 0 Å². The molecule has 0 heterocycles. The highest BCUT2D eigenvalue weighted by Gasteiger charge is 2.03. The van der Waals surface area contributed by atoms with Crippen molar-refractivity contribution in [3.63, 3.8) is 0 Å². The number of amides is 2. The van der Waals surface area contributed by atoms with Gasteiger partial charge in [0.05, 0.1) is 6.42 Å². The van der Waals surface area contributed by atoms with Crippen molar-refractivity contribution < 1.29 is 19.4 Å². The van der Waals surface area contributed by atoms with Gasteiger partial charge in [-0.25, -0.2) is 4.79 Å². The number of carboxylic acid groups (broad SMARTS) is 1. The van der Waals surface area contributed by atoms with Gasteiger partial charge in [0.1, 0.15) is 5.75 Å². The largest absolute Gasteiger partial charge is 0.481 e. The highest BCUT2D eigenvalue weighted by Crippen LogP contribution is 2.18. The Bertz CT molecular complexity index is 460. The highest BCUT2D eigenvalue weighted by molar-refractivity contribution is 5.74. The summed E-state index contributed by atoms with van der Waals surface area (Å²) >= 11 is 0. The molecule has 0 fully saturated rings. The van der Waals surface area contributed by atoms with Crippen LogP contribution < -0.4 is 15.4 Å². The number of carbonyl (C=O) groups is 2. The van der Waals surface area contributed by atoms with E-state index in [0.717, 1.165) is 11.1 Å². The van der Waals surface area contributed by atoms with E-state index in [1.54, 1.807) is 0 Å². The number of hydrogen-bond donors (Lipinski definition) is 3. The molecule has 104 valence electrons. The average Bonchev–Trinajstić information content (AvgIpc) is 2.31. The number of rotatable bonds is 6. The highest BCUT2D eigenvalue weighted by atomic mass is 16.5. The molecule has 0 saturated heterocycles. The standard InChI is InChI=1S/C13H18N2O4/c1-9-3-4-11(10(2)7-9)19-8-15-13(18)14-6-5-12(16)17/h3-4,7H,5-6,8H2,1-2H3,(H,16,17)(H2,14,15,18). The summed E-state index contributed by atoms with van der Waals surface area (Å²) in [5.41, 5.74) is 2.14. The van der Waals surface area contributed by atoms with Crippen LogP contribution >= 0.6 is 0 Å². The zero-order chi connectivity index (χ0) is 14.3. The molecule has 2 amide bonds. The van der Waals surface area contributed by atoms with Crippen molar-refractivity contribution in [3.8, 4) is 5.75 Å². The van der Waals surface area contributed by atoms with Crippen LogP contribution in [0, 0.1) is 13.8 Å². The molecule has 0 aliphatic rings. The SMILES string of the molecule is Cc1ccc(OCNC(=O)NCCC(=O)O)c(C)c1. The quantitative estimate of drug-likeness (QED) is 0.679. The van der Waals surface area contributed by atoms with Crippen LogP contribution in [0.3, 0.4) is 0 Å². The Morgan fingerprint density at radius 1 is 1.26 bits per heavy atom. The van der Waals surface area contributed by atoms with Crippen molar-refractivity contribution in [2.75, 3.05) is 13.3 Å². The van der Waals surface area contributed by atoms with Crippen molar-refractivity contribution in [3.05, 3.63) is 29.3 Å².